The topological polar surface area (TPSA) is 29.5 Å². The smallest absolute Gasteiger partial charge is 0.161 e. The Labute approximate surface area is 127 Å². The Bertz CT molecular complexity index is 706. The minimum absolute atomic E-state index is 0.0661. The molecule has 2 atom stereocenters. The molecule has 0 amide bonds. The molecule has 3 rings (SSSR count). The summed E-state index contributed by atoms with van der Waals surface area (Å²) in [5, 5.41) is 10.1. The summed E-state index contributed by atoms with van der Waals surface area (Å²) in [4.78, 5) is 0. The molecule has 1 heterocycles. The van der Waals surface area contributed by atoms with Gasteiger partial charge >= 0.3 is 0 Å². The van der Waals surface area contributed by atoms with E-state index in [1.807, 2.05) is 0 Å². The van der Waals surface area contributed by atoms with E-state index in [2.05, 4.69) is 15.9 Å². The van der Waals surface area contributed by atoms with Gasteiger partial charge in [0.25, 0.3) is 0 Å². The number of halogens is 4. The van der Waals surface area contributed by atoms with Crippen molar-refractivity contribution in [2.75, 3.05) is 0 Å². The molecule has 0 radical (unpaired) electrons. The Morgan fingerprint density at radius 1 is 1.00 bits per heavy atom. The monoisotopic (exact) mass is 358 g/mol. The number of hydrogen-bond donors (Lipinski definition) is 1. The highest BCUT2D eigenvalue weighted by Crippen LogP contribution is 2.42. The second kappa shape index (κ2) is 5.35. The molecule has 0 spiro atoms. The number of benzene rings is 2. The molecule has 0 fully saturated rings. The van der Waals surface area contributed by atoms with Crippen molar-refractivity contribution in [3.63, 3.8) is 0 Å². The van der Waals surface area contributed by atoms with Crippen molar-refractivity contribution in [1.29, 1.82) is 0 Å². The molecule has 0 saturated heterocycles. The van der Waals surface area contributed by atoms with Crippen LogP contribution in [-0.2, 0) is 0 Å². The van der Waals surface area contributed by atoms with E-state index in [-0.39, 0.29) is 12.0 Å². The number of fused-ring (bicyclic) bond motifs is 1. The average molecular weight is 359 g/mol. The van der Waals surface area contributed by atoms with Crippen LogP contribution in [0, 0.1) is 17.5 Å². The van der Waals surface area contributed by atoms with E-state index < -0.39 is 29.7 Å². The maximum absolute atomic E-state index is 13.8. The highest BCUT2D eigenvalue weighted by atomic mass is 79.9. The Balaban J connectivity index is 2.01. The summed E-state index contributed by atoms with van der Waals surface area (Å²) in [6, 6.07) is 6.34. The molecule has 1 aliphatic heterocycles. The van der Waals surface area contributed by atoms with Gasteiger partial charge in [-0.25, -0.2) is 13.2 Å². The van der Waals surface area contributed by atoms with Gasteiger partial charge in [0, 0.05) is 28.1 Å². The van der Waals surface area contributed by atoms with E-state index in [1.165, 1.54) is 0 Å². The largest absolute Gasteiger partial charge is 0.485 e. The third-order valence-corrected chi connectivity index (χ3v) is 3.92. The van der Waals surface area contributed by atoms with Gasteiger partial charge in [-0.3, -0.25) is 0 Å². The van der Waals surface area contributed by atoms with Crippen molar-refractivity contribution >= 4 is 15.9 Å². The Hall–Kier alpha value is -1.53. The van der Waals surface area contributed by atoms with Crippen LogP contribution < -0.4 is 4.74 Å². The number of ether oxygens (including phenoxy) is 1. The minimum atomic E-state index is -1.25. The van der Waals surface area contributed by atoms with Crippen LogP contribution in [0.25, 0.3) is 0 Å². The number of rotatable bonds is 1. The van der Waals surface area contributed by atoms with E-state index in [4.69, 9.17) is 4.74 Å². The highest BCUT2D eigenvalue weighted by Gasteiger charge is 2.30. The molecule has 0 saturated carbocycles. The van der Waals surface area contributed by atoms with Crippen molar-refractivity contribution in [3.8, 4) is 5.75 Å². The van der Waals surface area contributed by atoms with E-state index in [1.54, 1.807) is 18.2 Å². The van der Waals surface area contributed by atoms with Crippen molar-refractivity contribution in [2.24, 2.45) is 0 Å². The van der Waals surface area contributed by atoms with Crippen LogP contribution >= 0.6 is 15.9 Å². The van der Waals surface area contributed by atoms with Crippen LogP contribution in [0.5, 0.6) is 5.75 Å². The van der Waals surface area contributed by atoms with Gasteiger partial charge < -0.3 is 9.84 Å². The SMILES string of the molecule is O[C@H]1CC(c2cc(F)c(F)cc2F)Oc2cc(Br)ccc21. The molecule has 2 nitrogen and oxygen atoms in total. The van der Waals surface area contributed by atoms with Gasteiger partial charge in [-0.1, -0.05) is 22.0 Å². The van der Waals surface area contributed by atoms with Crippen molar-refractivity contribution in [3.05, 3.63) is 63.4 Å². The summed E-state index contributed by atoms with van der Waals surface area (Å²) in [5.74, 6) is -2.91. The average Bonchev–Trinajstić information content (AvgIpc) is 2.42. The lowest BCUT2D eigenvalue weighted by Gasteiger charge is -2.30. The Morgan fingerprint density at radius 3 is 2.48 bits per heavy atom. The summed E-state index contributed by atoms with van der Waals surface area (Å²) in [5.41, 5.74) is 0.469. The maximum Gasteiger partial charge on any atom is 0.161 e. The first-order valence-electron chi connectivity index (χ1n) is 6.24. The van der Waals surface area contributed by atoms with Crippen LogP contribution in [0.2, 0.25) is 0 Å². The normalized spacial score (nSPS) is 20.8. The third kappa shape index (κ3) is 2.65. The van der Waals surface area contributed by atoms with Crippen LogP contribution in [0.1, 0.15) is 29.8 Å². The molecule has 2 aromatic rings. The molecular formula is C15H10BrF3O2. The van der Waals surface area contributed by atoms with E-state index in [9.17, 15) is 18.3 Å². The molecule has 110 valence electrons. The zero-order valence-electron chi connectivity index (χ0n) is 10.6. The quantitative estimate of drug-likeness (QED) is 0.764. The zero-order valence-corrected chi connectivity index (χ0v) is 12.2. The first-order chi connectivity index (χ1) is 9.95. The van der Waals surface area contributed by atoms with Crippen LogP contribution in [0.15, 0.2) is 34.8 Å². The zero-order chi connectivity index (χ0) is 15.1. The van der Waals surface area contributed by atoms with Gasteiger partial charge in [0.05, 0.1) is 6.10 Å². The summed E-state index contributed by atoms with van der Waals surface area (Å²) in [7, 11) is 0. The fourth-order valence-electron chi connectivity index (χ4n) is 2.39. The van der Waals surface area contributed by atoms with Crippen LogP contribution in [0.4, 0.5) is 13.2 Å². The van der Waals surface area contributed by atoms with Crippen molar-refractivity contribution in [2.45, 2.75) is 18.6 Å². The molecule has 1 unspecified atom stereocenters. The van der Waals surface area contributed by atoms with E-state index in [0.717, 1.165) is 10.5 Å². The number of aliphatic hydroxyl groups is 1. The van der Waals surface area contributed by atoms with E-state index in [0.29, 0.717) is 17.4 Å². The first-order valence-corrected chi connectivity index (χ1v) is 7.03. The summed E-state index contributed by atoms with van der Waals surface area (Å²) < 4.78 is 46.5. The summed E-state index contributed by atoms with van der Waals surface area (Å²) in [6.07, 6.45) is -1.67. The van der Waals surface area contributed by atoms with Crippen LogP contribution in [0.3, 0.4) is 0 Å². The van der Waals surface area contributed by atoms with Crippen LogP contribution in [-0.4, -0.2) is 5.11 Å². The van der Waals surface area contributed by atoms with Gasteiger partial charge in [-0.05, 0) is 18.2 Å². The van der Waals surface area contributed by atoms with Gasteiger partial charge in [0.1, 0.15) is 17.7 Å². The lowest BCUT2D eigenvalue weighted by atomic mass is 9.94. The third-order valence-electron chi connectivity index (χ3n) is 3.43. The van der Waals surface area contributed by atoms with E-state index >= 15 is 0 Å². The number of aliphatic hydroxyl groups excluding tert-OH is 1. The Morgan fingerprint density at radius 2 is 1.71 bits per heavy atom. The molecule has 0 aromatic heterocycles. The molecule has 21 heavy (non-hydrogen) atoms. The lowest BCUT2D eigenvalue weighted by molar-refractivity contribution is 0.0637. The summed E-state index contributed by atoms with van der Waals surface area (Å²) in [6.45, 7) is 0. The first kappa shape index (κ1) is 14.4. The second-order valence-electron chi connectivity index (χ2n) is 4.83. The molecule has 1 N–H and O–H groups in total. The maximum atomic E-state index is 13.8. The molecule has 1 aliphatic rings. The van der Waals surface area contributed by atoms with Gasteiger partial charge in [-0.2, -0.15) is 0 Å². The van der Waals surface area contributed by atoms with Crippen molar-refractivity contribution < 1.29 is 23.0 Å². The summed E-state index contributed by atoms with van der Waals surface area (Å²) >= 11 is 3.28. The lowest BCUT2D eigenvalue weighted by Crippen LogP contribution is -2.20. The predicted octanol–water partition coefficient (Wildman–Crippen LogP) is 4.42. The number of hydrogen-bond acceptors (Lipinski definition) is 2. The molecule has 0 aliphatic carbocycles. The molecular weight excluding hydrogens is 349 g/mol. The predicted molar refractivity (Wildman–Crippen MR) is 73.4 cm³/mol. The van der Waals surface area contributed by atoms with Gasteiger partial charge in [-0.15, -0.1) is 0 Å². The minimum Gasteiger partial charge on any atom is -0.485 e. The molecule has 0 bridgehead atoms. The second-order valence-corrected chi connectivity index (χ2v) is 5.74. The molecule has 6 heteroatoms. The van der Waals surface area contributed by atoms with Gasteiger partial charge in [0.15, 0.2) is 11.6 Å². The Kier molecular flexibility index (Phi) is 3.67. The van der Waals surface area contributed by atoms with Crippen molar-refractivity contribution in [1.82, 2.24) is 0 Å². The fourth-order valence-corrected chi connectivity index (χ4v) is 2.73. The standard InChI is InChI=1S/C15H10BrF3O2/c16-7-1-2-8-13(20)6-15(21-14(8)3-7)9-4-11(18)12(19)5-10(9)17/h1-5,13,15,20H,6H2/t13-,15?/m0/s1. The molecule has 2 aromatic carbocycles. The fraction of sp³-hybridized carbons (Fsp3) is 0.200. The van der Waals surface area contributed by atoms with Gasteiger partial charge in [0.2, 0.25) is 0 Å². The highest BCUT2D eigenvalue weighted by molar-refractivity contribution is 9.10.